The monoisotopic (exact) mass is 257 g/mol. The largest absolute Gasteiger partial charge is 0.481 e. The summed E-state index contributed by atoms with van der Waals surface area (Å²) in [6.07, 6.45) is -0.0633. The van der Waals surface area contributed by atoms with Gasteiger partial charge in [0.25, 0.3) is 5.69 Å². The summed E-state index contributed by atoms with van der Waals surface area (Å²) in [4.78, 5) is 20.8. The minimum absolute atomic E-state index is 0.0228. The van der Waals surface area contributed by atoms with Crippen LogP contribution in [-0.2, 0) is 4.79 Å². The van der Waals surface area contributed by atoms with Gasteiger partial charge in [-0.3, -0.25) is 14.9 Å². The summed E-state index contributed by atoms with van der Waals surface area (Å²) in [5.74, 6) is -0.690. The number of anilines is 2. The standard InChI is InChI=1S/C9H11N3O4S/c10-5-1-2-6(12(15)16)8(11)9(5)17-4-3-7(13)14/h1-2H,3-4,10-11H2,(H,13,14). The van der Waals surface area contributed by atoms with Gasteiger partial charge in [0.15, 0.2) is 0 Å². The van der Waals surface area contributed by atoms with Gasteiger partial charge >= 0.3 is 5.97 Å². The van der Waals surface area contributed by atoms with E-state index in [1.807, 2.05) is 0 Å². The van der Waals surface area contributed by atoms with E-state index in [-0.39, 0.29) is 23.5 Å². The number of aliphatic carboxylic acids is 1. The first-order valence-electron chi connectivity index (χ1n) is 4.60. The molecule has 0 heterocycles. The van der Waals surface area contributed by atoms with Crippen LogP contribution < -0.4 is 11.5 Å². The molecule has 0 aliphatic carbocycles. The highest BCUT2D eigenvalue weighted by molar-refractivity contribution is 7.99. The van der Waals surface area contributed by atoms with Crippen LogP contribution in [0.4, 0.5) is 17.1 Å². The fourth-order valence-electron chi connectivity index (χ4n) is 1.17. The van der Waals surface area contributed by atoms with Crippen LogP contribution in [-0.4, -0.2) is 21.8 Å². The van der Waals surface area contributed by atoms with Gasteiger partial charge in [-0.1, -0.05) is 0 Å². The van der Waals surface area contributed by atoms with Crippen LogP contribution in [0.15, 0.2) is 17.0 Å². The summed E-state index contributed by atoms with van der Waals surface area (Å²) in [6.45, 7) is 0. The summed E-state index contributed by atoms with van der Waals surface area (Å²) < 4.78 is 0. The molecular weight excluding hydrogens is 246 g/mol. The van der Waals surface area contributed by atoms with E-state index >= 15 is 0 Å². The van der Waals surface area contributed by atoms with Gasteiger partial charge in [-0.05, 0) is 6.07 Å². The molecule has 92 valence electrons. The first kappa shape index (κ1) is 13.1. The van der Waals surface area contributed by atoms with E-state index in [0.29, 0.717) is 10.6 Å². The maximum Gasteiger partial charge on any atom is 0.304 e. The van der Waals surface area contributed by atoms with Gasteiger partial charge in [-0.25, -0.2) is 0 Å². The van der Waals surface area contributed by atoms with Crippen LogP contribution in [0, 0.1) is 10.1 Å². The molecule has 1 rings (SSSR count). The Morgan fingerprint density at radius 3 is 2.65 bits per heavy atom. The Kier molecular flexibility index (Phi) is 4.16. The van der Waals surface area contributed by atoms with Gasteiger partial charge in [-0.15, -0.1) is 11.8 Å². The number of rotatable bonds is 5. The van der Waals surface area contributed by atoms with Crippen molar-refractivity contribution >= 4 is 34.8 Å². The number of thioether (sulfide) groups is 1. The van der Waals surface area contributed by atoms with Crippen molar-refractivity contribution < 1.29 is 14.8 Å². The summed E-state index contributed by atoms with van der Waals surface area (Å²) in [5.41, 5.74) is 11.3. The number of carboxylic acid groups (broad SMARTS) is 1. The Balaban J connectivity index is 2.93. The third-order valence-electron chi connectivity index (χ3n) is 1.96. The molecule has 0 aliphatic heterocycles. The number of nitro benzene ring substituents is 1. The lowest BCUT2D eigenvalue weighted by atomic mass is 10.2. The zero-order chi connectivity index (χ0) is 13.0. The summed E-state index contributed by atoms with van der Waals surface area (Å²) >= 11 is 1.10. The van der Waals surface area contributed by atoms with Crippen LogP contribution in [0.2, 0.25) is 0 Å². The number of carboxylic acids is 1. The smallest absolute Gasteiger partial charge is 0.304 e. The second kappa shape index (κ2) is 5.39. The number of hydrogen-bond acceptors (Lipinski definition) is 6. The minimum Gasteiger partial charge on any atom is -0.481 e. The van der Waals surface area contributed by atoms with E-state index in [2.05, 4.69) is 0 Å². The molecule has 1 aromatic rings. The molecule has 0 aromatic heterocycles. The average Bonchev–Trinajstić information content (AvgIpc) is 2.21. The first-order valence-corrected chi connectivity index (χ1v) is 5.59. The van der Waals surface area contributed by atoms with Crippen molar-refractivity contribution in [3.63, 3.8) is 0 Å². The van der Waals surface area contributed by atoms with E-state index in [0.717, 1.165) is 11.8 Å². The molecule has 7 nitrogen and oxygen atoms in total. The fraction of sp³-hybridized carbons (Fsp3) is 0.222. The van der Waals surface area contributed by atoms with Gasteiger partial charge < -0.3 is 16.6 Å². The van der Waals surface area contributed by atoms with Crippen molar-refractivity contribution in [3.8, 4) is 0 Å². The number of nitrogens with two attached hydrogens (primary N) is 2. The third-order valence-corrected chi connectivity index (χ3v) is 3.12. The van der Waals surface area contributed by atoms with Gasteiger partial charge in [0.2, 0.25) is 0 Å². The second-order valence-corrected chi connectivity index (χ2v) is 4.27. The molecule has 0 spiro atoms. The average molecular weight is 257 g/mol. The van der Waals surface area contributed by atoms with Crippen LogP contribution in [0.1, 0.15) is 6.42 Å². The van der Waals surface area contributed by atoms with Crippen molar-refractivity contribution in [1.82, 2.24) is 0 Å². The van der Waals surface area contributed by atoms with Crippen LogP contribution >= 0.6 is 11.8 Å². The molecule has 0 radical (unpaired) electrons. The minimum atomic E-state index is -0.944. The van der Waals surface area contributed by atoms with Gasteiger partial charge in [-0.2, -0.15) is 0 Å². The molecule has 5 N–H and O–H groups in total. The fourth-order valence-corrected chi connectivity index (χ4v) is 2.14. The Bertz CT molecular complexity index is 464. The normalized spacial score (nSPS) is 10.1. The highest BCUT2D eigenvalue weighted by Crippen LogP contribution is 2.37. The molecule has 0 unspecified atom stereocenters. The Hall–Kier alpha value is -1.96. The maximum atomic E-state index is 10.6. The quantitative estimate of drug-likeness (QED) is 0.313. The Morgan fingerprint density at radius 2 is 2.12 bits per heavy atom. The molecule has 0 atom stereocenters. The molecule has 0 aliphatic rings. The van der Waals surface area contributed by atoms with Crippen molar-refractivity contribution in [3.05, 3.63) is 22.2 Å². The maximum absolute atomic E-state index is 10.6. The summed E-state index contributed by atoms with van der Waals surface area (Å²) in [5, 5.41) is 19.1. The van der Waals surface area contributed by atoms with E-state index in [1.165, 1.54) is 12.1 Å². The van der Waals surface area contributed by atoms with Crippen molar-refractivity contribution in [2.24, 2.45) is 0 Å². The molecule has 8 heteroatoms. The first-order chi connectivity index (χ1) is 7.93. The SMILES string of the molecule is Nc1ccc([N+](=O)[O-])c(N)c1SCCC(=O)O. The van der Waals surface area contributed by atoms with Crippen molar-refractivity contribution in [2.75, 3.05) is 17.2 Å². The predicted molar refractivity (Wildman–Crippen MR) is 64.9 cm³/mol. The summed E-state index contributed by atoms with van der Waals surface area (Å²) in [6, 6.07) is 2.61. The lowest BCUT2D eigenvalue weighted by molar-refractivity contribution is -0.384. The van der Waals surface area contributed by atoms with E-state index in [4.69, 9.17) is 16.6 Å². The Morgan fingerprint density at radius 1 is 1.47 bits per heavy atom. The van der Waals surface area contributed by atoms with Crippen molar-refractivity contribution in [2.45, 2.75) is 11.3 Å². The van der Waals surface area contributed by atoms with Gasteiger partial charge in [0, 0.05) is 17.5 Å². The number of nitrogen functional groups attached to an aromatic ring is 2. The highest BCUT2D eigenvalue weighted by atomic mass is 32.2. The number of nitro groups is 1. The number of hydrogen-bond donors (Lipinski definition) is 3. The summed E-state index contributed by atoms with van der Waals surface area (Å²) in [7, 11) is 0. The predicted octanol–water partition coefficient (Wildman–Crippen LogP) is 1.33. The highest BCUT2D eigenvalue weighted by Gasteiger charge is 2.17. The van der Waals surface area contributed by atoms with Gasteiger partial charge in [0.05, 0.1) is 16.2 Å². The van der Waals surface area contributed by atoms with Crippen molar-refractivity contribution in [1.29, 1.82) is 0 Å². The van der Waals surface area contributed by atoms with Crippen LogP contribution in [0.25, 0.3) is 0 Å². The molecular formula is C9H11N3O4S. The number of benzene rings is 1. The molecule has 0 fully saturated rings. The number of nitrogens with zero attached hydrogens (tertiary/aromatic N) is 1. The van der Waals surface area contributed by atoms with E-state index in [1.54, 1.807) is 0 Å². The van der Waals surface area contributed by atoms with Crippen LogP contribution in [0.3, 0.4) is 0 Å². The molecule has 0 saturated carbocycles. The van der Waals surface area contributed by atoms with E-state index < -0.39 is 10.9 Å². The number of carbonyl (C=O) groups is 1. The molecule has 17 heavy (non-hydrogen) atoms. The lowest BCUT2D eigenvalue weighted by Crippen LogP contribution is -2.02. The zero-order valence-corrected chi connectivity index (χ0v) is 9.57. The molecule has 0 saturated heterocycles. The van der Waals surface area contributed by atoms with Gasteiger partial charge in [0.1, 0.15) is 5.69 Å². The lowest BCUT2D eigenvalue weighted by Gasteiger charge is -2.08. The zero-order valence-electron chi connectivity index (χ0n) is 8.75. The Labute approximate surface area is 101 Å². The molecule has 0 bridgehead atoms. The van der Waals surface area contributed by atoms with E-state index in [9.17, 15) is 14.9 Å². The third kappa shape index (κ3) is 3.25. The molecule has 1 aromatic carbocycles. The molecule has 0 amide bonds. The second-order valence-electron chi connectivity index (χ2n) is 3.17. The van der Waals surface area contributed by atoms with Crippen LogP contribution in [0.5, 0.6) is 0 Å². The topological polar surface area (TPSA) is 132 Å².